The van der Waals surface area contributed by atoms with E-state index in [2.05, 4.69) is 20.8 Å². The molecule has 0 radical (unpaired) electrons. The lowest BCUT2D eigenvalue weighted by atomic mass is 10.0. The lowest BCUT2D eigenvalue weighted by Crippen LogP contribution is -2.33. The number of halogens is 1. The number of carbonyl (C=O) groups excluding carboxylic acids is 2. The molecule has 0 saturated heterocycles. The normalized spacial score (nSPS) is 11.7. The van der Waals surface area contributed by atoms with Crippen LogP contribution in [0.2, 0.25) is 5.02 Å². The van der Waals surface area contributed by atoms with Crippen molar-refractivity contribution in [1.82, 2.24) is 20.1 Å². The van der Waals surface area contributed by atoms with Gasteiger partial charge < -0.3 is 19.9 Å². The van der Waals surface area contributed by atoms with Crippen molar-refractivity contribution in [3.8, 4) is 5.75 Å². The van der Waals surface area contributed by atoms with Gasteiger partial charge in [0.25, 0.3) is 11.6 Å². The highest BCUT2D eigenvalue weighted by atomic mass is 35.5. The highest BCUT2D eigenvalue weighted by molar-refractivity contribution is 7.99. The van der Waals surface area contributed by atoms with Crippen molar-refractivity contribution in [2.24, 2.45) is 13.0 Å². The molecule has 0 unspecified atom stereocenters. The highest BCUT2D eigenvalue weighted by Gasteiger charge is 2.26. The largest absolute Gasteiger partial charge is 0.495 e. The molecule has 0 aliphatic rings. The molecule has 1 aromatic heterocycles. The molecular weight excluding hydrogens is 508 g/mol. The molecule has 3 aromatic rings. The molecule has 2 amide bonds. The van der Waals surface area contributed by atoms with Crippen molar-refractivity contribution in [3.05, 3.63) is 69.0 Å². The first kappa shape index (κ1) is 27.0. The van der Waals surface area contributed by atoms with Gasteiger partial charge in [0.1, 0.15) is 5.75 Å². The molecule has 190 valence electrons. The second-order valence-electron chi connectivity index (χ2n) is 8.08. The molecule has 1 atom stereocenters. The van der Waals surface area contributed by atoms with Gasteiger partial charge in [-0.1, -0.05) is 43.3 Å². The minimum Gasteiger partial charge on any atom is -0.495 e. The Balaban J connectivity index is 1.70. The molecule has 1 heterocycles. The summed E-state index contributed by atoms with van der Waals surface area (Å²) in [6.07, 6.45) is 0. The summed E-state index contributed by atoms with van der Waals surface area (Å²) in [7, 11) is 3.24. The quantitative estimate of drug-likeness (QED) is 0.224. The Morgan fingerprint density at radius 2 is 1.97 bits per heavy atom. The molecule has 3 rings (SSSR count). The summed E-state index contributed by atoms with van der Waals surface area (Å²) in [6, 6.07) is 9.90. The zero-order valence-electron chi connectivity index (χ0n) is 20.0. The van der Waals surface area contributed by atoms with Crippen molar-refractivity contribution in [2.45, 2.75) is 25.0 Å². The third kappa shape index (κ3) is 6.52. The molecule has 0 spiro atoms. The number of nitrogens with zero attached hydrogens (tertiary/aromatic N) is 4. The van der Waals surface area contributed by atoms with Crippen molar-refractivity contribution in [1.29, 1.82) is 0 Å². The molecule has 0 aliphatic heterocycles. The van der Waals surface area contributed by atoms with Crippen molar-refractivity contribution in [2.75, 3.05) is 18.2 Å². The fraction of sp³-hybridized carbons (Fsp3) is 0.304. The number of rotatable bonds is 10. The van der Waals surface area contributed by atoms with Crippen LogP contribution in [0, 0.1) is 16.0 Å². The highest BCUT2D eigenvalue weighted by Crippen LogP contribution is 2.29. The first-order chi connectivity index (χ1) is 17.1. The number of methoxy groups -OCH3 is 1. The molecule has 0 fully saturated rings. The van der Waals surface area contributed by atoms with Gasteiger partial charge in [0.15, 0.2) is 11.0 Å². The van der Waals surface area contributed by atoms with Crippen molar-refractivity contribution in [3.63, 3.8) is 0 Å². The van der Waals surface area contributed by atoms with Crippen molar-refractivity contribution >= 4 is 46.6 Å². The summed E-state index contributed by atoms with van der Waals surface area (Å²) >= 11 is 7.19. The SMILES string of the molecule is COc1ccc(Cl)cc1NC(=O)CSc1nnc([C@H](NC(=O)c2cccc([N+](=O)[O-])c2)C(C)C)n1C. The number of thioether (sulfide) groups is 1. The third-order valence-electron chi connectivity index (χ3n) is 5.19. The number of nitro benzene ring substituents is 1. The lowest BCUT2D eigenvalue weighted by Gasteiger charge is -2.21. The number of benzene rings is 2. The van der Waals surface area contributed by atoms with Crippen LogP contribution >= 0.6 is 23.4 Å². The molecule has 11 nitrogen and oxygen atoms in total. The van der Waals surface area contributed by atoms with Crippen LogP contribution in [-0.2, 0) is 11.8 Å². The van der Waals surface area contributed by atoms with Gasteiger partial charge in [-0.05, 0) is 30.2 Å². The second kappa shape index (κ2) is 11.9. The van der Waals surface area contributed by atoms with E-state index in [1.54, 1.807) is 29.8 Å². The van der Waals surface area contributed by atoms with Gasteiger partial charge in [-0.15, -0.1) is 10.2 Å². The Hall–Kier alpha value is -3.64. The minimum absolute atomic E-state index is 0.0496. The van der Waals surface area contributed by atoms with Crippen LogP contribution in [-0.4, -0.2) is 44.4 Å². The number of non-ortho nitro benzene ring substituents is 1. The molecule has 36 heavy (non-hydrogen) atoms. The van der Waals surface area contributed by atoms with Crippen LogP contribution in [0.15, 0.2) is 47.6 Å². The summed E-state index contributed by atoms with van der Waals surface area (Å²) < 4.78 is 6.95. The molecular formula is C23H25ClN6O5S. The van der Waals surface area contributed by atoms with E-state index in [0.29, 0.717) is 27.4 Å². The summed E-state index contributed by atoms with van der Waals surface area (Å²) in [5.41, 5.74) is 0.451. The van der Waals surface area contributed by atoms with Crippen LogP contribution in [0.4, 0.5) is 11.4 Å². The maximum absolute atomic E-state index is 12.8. The Kier molecular flexibility index (Phi) is 8.88. The molecule has 0 bridgehead atoms. The topological polar surface area (TPSA) is 141 Å². The number of hydrogen-bond donors (Lipinski definition) is 2. The van der Waals surface area contributed by atoms with Gasteiger partial charge in [0.2, 0.25) is 5.91 Å². The fourth-order valence-electron chi connectivity index (χ4n) is 3.33. The van der Waals surface area contributed by atoms with E-state index in [4.69, 9.17) is 16.3 Å². The second-order valence-corrected chi connectivity index (χ2v) is 9.46. The summed E-state index contributed by atoms with van der Waals surface area (Å²) in [6.45, 7) is 3.82. The average Bonchev–Trinajstić information content (AvgIpc) is 3.20. The maximum atomic E-state index is 12.8. The monoisotopic (exact) mass is 532 g/mol. The van der Waals surface area contributed by atoms with Crippen LogP contribution in [0.25, 0.3) is 0 Å². The van der Waals surface area contributed by atoms with Gasteiger partial charge in [-0.2, -0.15) is 0 Å². The summed E-state index contributed by atoms with van der Waals surface area (Å²) in [5, 5.41) is 26.0. The van der Waals surface area contributed by atoms with Crippen LogP contribution in [0.5, 0.6) is 5.75 Å². The predicted octanol–water partition coefficient (Wildman–Crippen LogP) is 4.24. The fourth-order valence-corrected chi connectivity index (χ4v) is 4.22. The smallest absolute Gasteiger partial charge is 0.270 e. The van der Waals surface area contributed by atoms with E-state index in [1.807, 2.05) is 13.8 Å². The van der Waals surface area contributed by atoms with Crippen LogP contribution < -0.4 is 15.4 Å². The predicted molar refractivity (Wildman–Crippen MR) is 137 cm³/mol. The van der Waals surface area contributed by atoms with Gasteiger partial charge in [-0.25, -0.2) is 0 Å². The number of amides is 2. The minimum atomic E-state index is -0.554. The van der Waals surface area contributed by atoms with E-state index >= 15 is 0 Å². The standard InChI is InChI=1S/C23H25ClN6O5S/c1-13(2)20(26-22(32)14-6-5-7-16(10-14)30(33)34)21-27-28-23(29(21)3)36-12-19(31)25-17-11-15(24)8-9-18(17)35-4/h5-11,13,20H,12H2,1-4H3,(H,25,31)(H,26,32)/t20-/m1/s1. The number of aromatic nitrogens is 3. The van der Waals surface area contributed by atoms with Gasteiger partial charge in [-0.3, -0.25) is 19.7 Å². The van der Waals surface area contributed by atoms with E-state index in [0.717, 1.165) is 0 Å². The zero-order chi connectivity index (χ0) is 26.4. The van der Waals surface area contributed by atoms with Crippen LogP contribution in [0.3, 0.4) is 0 Å². The number of anilines is 1. The number of nitro groups is 1. The molecule has 0 aliphatic carbocycles. The number of nitrogens with one attached hydrogen (secondary N) is 2. The zero-order valence-corrected chi connectivity index (χ0v) is 21.6. The molecule has 13 heteroatoms. The van der Waals surface area contributed by atoms with Gasteiger partial charge in [0.05, 0.1) is 29.5 Å². The number of carbonyl (C=O) groups is 2. The van der Waals surface area contributed by atoms with E-state index in [1.165, 1.54) is 43.1 Å². The van der Waals surface area contributed by atoms with Gasteiger partial charge in [0, 0.05) is 29.8 Å². The Bertz CT molecular complexity index is 1280. The Morgan fingerprint density at radius 3 is 2.64 bits per heavy atom. The molecule has 0 saturated carbocycles. The molecule has 2 N–H and O–H groups in total. The van der Waals surface area contributed by atoms with E-state index < -0.39 is 16.9 Å². The first-order valence-corrected chi connectivity index (χ1v) is 12.2. The number of ether oxygens (including phenoxy) is 1. The summed E-state index contributed by atoms with van der Waals surface area (Å²) in [5.74, 6) is 0.204. The Morgan fingerprint density at radius 1 is 1.22 bits per heavy atom. The Labute approximate surface area is 216 Å². The first-order valence-electron chi connectivity index (χ1n) is 10.8. The lowest BCUT2D eigenvalue weighted by molar-refractivity contribution is -0.384. The summed E-state index contributed by atoms with van der Waals surface area (Å²) in [4.78, 5) is 35.8. The molecule has 2 aromatic carbocycles. The van der Waals surface area contributed by atoms with Crippen LogP contribution in [0.1, 0.15) is 36.1 Å². The number of hydrogen-bond acceptors (Lipinski definition) is 8. The van der Waals surface area contributed by atoms with E-state index in [9.17, 15) is 19.7 Å². The average molecular weight is 533 g/mol. The third-order valence-corrected chi connectivity index (χ3v) is 6.44. The maximum Gasteiger partial charge on any atom is 0.270 e. The van der Waals surface area contributed by atoms with Gasteiger partial charge >= 0.3 is 0 Å². The van der Waals surface area contributed by atoms with Crippen molar-refractivity contribution < 1.29 is 19.2 Å². The van der Waals surface area contributed by atoms with E-state index in [-0.39, 0.29) is 28.8 Å².